The summed E-state index contributed by atoms with van der Waals surface area (Å²) in [6.07, 6.45) is 0.431. The van der Waals surface area contributed by atoms with E-state index in [2.05, 4.69) is 4.74 Å². The Morgan fingerprint density at radius 1 is 1.58 bits per heavy atom. The number of aliphatic hydroxyl groups excluding tert-OH is 1. The van der Waals surface area contributed by atoms with Gasteiger partial charge in [0.25, 0.3) is 0 Å². The Bertz CT molecular complexity index is 155. The molecule has 1 fully saturated rings. The van der Waals surface area contributed by atoms with Crippen LogP contribution in [0.5, 0.6) is 0 Å². The maximum absolute atomic E-state index is 10.9. The number of halogens is 1. The third-order valence-electron chi connectivity index (χ3n) is 2.11. The number of hydrogen-bond acceptors (Lipinski definition) is 4. The monoisotopic (exact) mass is 195 g/mol. The van der Waals surface area contributed by atoms with E-state index in [1.807, 2.05) is 0 Å². The van der Waals surface area contributed by atoms with Crippen molar-refractivity contribution in [2.45, 2.75) is 25.0 Å². The zero-order chi connectivity index (χ0) is 8.43. The number of methoxy groups -OCH3 is 1. The van der Waals surface area contributed by atoms with Gasteiger partial charge < -0.3 is 15.6 Å². The molecule has 12 heavy (non-hydrogen) atoms. The van der Waals surface area contributed by atoms with E-state index in [-0.39, 0.29) is 30.3 Å². The van der Waals surface area contributed by atoms with Crippen molar-refractivity contribution in [1.82, 2.24) is 0 Å². The van der Waals surface area contributed by atoms with Gasteiger partial charge in [0.1, 0.15) is 0 Å². The van der Waals surface area contributed by atoms with Crippen molar-refractivity contribution in [3.05, 3.63) is 0 Å². The van der Waals surface area contributed by atoms with E-state index in [4.69, 9.17) is 5.73 Å². The Hall–Kier alpha value is -0.320. The van der Waals surface area contributed by atoms with Crippen LogP contribution < -0.4 is 5.73 Å². The third-order valence-corrected chi connectivity index (χ3v) is 2.11. The molecule has 0 radical (unpaired) electrons. The first-order valence-electron chi connectivity index (χ1n) is 3.66. The highest BCUT2D eigenvalue weighted by atomic mass is 35.5. The molecule has 4 nitrogen and oxygen atoms in total. The number of ether oxygens (including phenoxy) is 1. The highest BCUT2D eigenvalue weighted by Gasteiger charge is 2.35. The van der Waals surface area contributed by atoms with E-state index in [1.165, 1.54) is 7.11 Å². The predicted molar refractivity (Wildman–Crippen MR) is 46.0 cm³/mol. The molecule has 0 aliphatic heterocycles. The fraction of sp³-hybridized carbons (Fsp3) is 0.857. The molecule has 1 rings (SSSR count). The molecule has 0 aromatic carbocycles. The molecule has 0 spiro atoms. The lowest BCUT2D eigenvalue weighted by atomic mass is 10.1. The Morgan fingerprint density at radius 2 is 2.17 bits per heavy atom. The van der Waals surface area contributed by atoms with Gasteiger partial charge in [-0.1, -0.05) is 0 Å². The van der Waals surface area contributed by atoms with Crippen molar-refractivity contribution in [2.24, 2.45) is 11.7 Å². The summed E-state index contributed by atoms with van der Waals surface area (Å²) in [6, 6.07) is -0.265. The summed E-state index contributed by atoms with van der Waals surface area (Å²) in [5.74, 6) is -0.470. The van der Waals surface area contributed by atoms with Crippen LogP contribution in [0.3, 0.4) is 0 Å². The Balaban J connectivity index is 0.00000121. The second-order valence-corrected chi connectivity index (χ2v) is 2.92. The van der Waals surface area contributed by atoms with Crippen molar-refractivity contribution < 1.29 is 14.6 Å². The Kier molecular flexibility index (Phi) is 4.52. The average molecular weight is 196 g/mol. The van der Waals surface area contributed by atoms with Gasteiger partial charge in [0.2, 0.25) is 0 Å². The molecule has 0 aromatic rings. The first-order valence-corrected chi connectivity index (χ1v) is 3.66. The molecule has 0 heterocycles. The van der Waals surface area contributed by atoms with Crippen LogP contribution in [0.4, 0.5) is 0 Å². The minimum atomic E-state index is -0.543. The molecule has 72 valence electrons. The van der Waals surface area contributed by atoms with Gasteiger partial charge in [0, 0.05) is 6.04 Å². The number of carbonyl (C=O) groups is 1. The lowest BCUT2D eigenvalue weighted by Gasteiger charge is -2.04. The summed E-state index contributed by atoms with van der Waals surface area (Å²) in [5.41, 5.74) is 5.50. The molecule has 0 amide bonds. The van der Waals surface area contributed by atoms with Crippen molar-refractivity contribution >= 4 is 18.4 Å². The van der Waals surface area contributed by atoms with Gasteiger partial charge in [-0.15, -0.1) is 12.4 Å². The molecular weight excluding hydrogens is 182 g/mol. The minimum absolute atomic E-state index is 0. The van der Waals surface area contributed by atoms with Crippen molar-refractivity contribution in [1.29, 1.82) is 0 Å². The quantitative estimate of drug-likeness (QED) is 0.563. The minimum Gasteiger partial charge on any atom is -0.469 e. The molecule has 1 aliphatic carbocycles. The van der Waals surface area contributed by atoms with E-state index in [0.717, 1.165) is 0 Å². The van der Waals surface area contributed by atoms with Gasteiger partial charge in [-0.2, -0.15) is 0 Å². The smallest absolute Gasteiger partial charge is 0.308 e. The molecule has 1 aliphatic rings. The first kappa shape index (κ1) is 11.7. The number of carbonyl (C=O) groups excluding carboxylic acids is 1. The zero-order valence-electron chi connectivity index (χ0n) is 6.90. The molecule has 0 aromatic heterocycles. The molecule has 3 atom stereocenters. The number of hydrogen-bond donors (Lipinski definition) is 2. The highest BCUT2D eigenvalue weighted by Crippen LogP contribution is 2.25. The standard InChI is InChI=1S/C7H13NO3.ClH/c1-11-7(10)4-2-5(8)6(9)3-4;/h4-6,9H,2-3,8H2,1H3;1H/t4-,5+,6-;/m1./s1. The maximum Gasteiger partial charge on any atom is 0.308 e. The molecule has 5 heteroatoms. The second kappa shape index (κ2) is 4.64. The summed E-state index contributed by atoms with van der Waals surface area (Å²) >= 11 is 0. The van der Waals surface area contributed by atoms with Gasteiger partial charge in [-0.25, -0.2) is 0 Å². The van der Waals surface area contributed by atoms with Crippen molar-refractivity contribution in [2.75, 3.05) is 7.11 Å². The zero-order valence-corrected chi connectivity index (χ0v) is 7.71. The number of rotatable bonds is 1. The number of esters is 1. The number of aliphatic hydroxyl groups is 1. The summed E-state index contributed by atoms with van der Waals surface area (Å²) in [7, 11) is 1.35. The van der Waals surface area contributed by atoms with E-state index >= 15 is 0 Å². The Labute approximate surface area is 77.5 Å². The fourth-order valence-corrected chi connectivity index (χ4v) is 1.41. The molecule has 0 unspecified atom stereocenters. The molecule has 1 saturated carbocycles. The van der Waals surface area contributed by atoms with E-state index in [0.29, 0.717) is 12.8 Å². The lowest BCUT2D eigenvalue weighted by Crippen LogP contribution is -2.28. The van der Waals surface area contributed by atoms with Gasteiger partial charge >= 0.3 is 5.97 Å². The van der Waals surface area contributed by atoms with Crippen LogP contribution in [0.15, 0.2) is 0 Å². The van der Waals surface area contributed by atoms with Gasteiger partial charge in [0.05, 0.1) is 19.1 Å². The van der Waals surface area contributed by atoms with Gasteiger partial charge in [0.15, 0.2) is 0 Å². The average Bonchev–Trinajstić information content (AvgIpc) is 2.31. The summed E-state index contributed by atoms with van der Waals surface area (Å²) in [5, 5.41) is 9.18. The largest absolute Gasteiger partial charge is 0.469 e. The van der Waals surface area contributed by atoms with Gasteiger partial charge in [-0.05, 0) is 12.8 Å². The van der Waals surface area contributed by atoms with E-state index in [1.54, 1.807) is 0 Å². The second-order valence-electron chi connectivity index (χ2n) is 2.92. The molecule has 0 bridgehead atoms. The molecule has 0 saturated heterocycles. The number of nitrogens with two attached hydrogens (primary N) is 1. The van der Waals surface area contributed by atoms with Crippen LogP contribution in [0.2, 0.25) is 0 Å². The van der Waals surface area contributed by atoms with Crippen LogP contribution in [0.25, 0.3) is 0 Å². The maximum atomic E-state index is 10.9. The Morgan fingerprint density at radius 3 is 2.50 bits per heavy atom. The van der Waals surface area contributed by atoms with Crippen LogP contribution in [0, 0.1) is 5.92 Å². The first-order chi connectivity index (χ1) is 5.15. The highest BCUT2D eigenvalue weighted by molar-refractivity contribution is 5.85. The van der Waals surface area contributed by atoms with Crippen molar-refractivity contribution in [3.63, 3.8) is 0 Å². The predicted octanol–water partition coefficient (Wildman–Crippen LogP) is -0.321. The molecular formula is C7H14ClNO3. The summed E-state index contributed by atoms with van der Waals surface area (Å²) < 4.78 is 4.53. The van der Waals surface area contributed by atoms with Crippen molar-refractivity contribution in [3.8, 4) is 0 Å². The van der Waals surface area contributed by atoms with E-state index < -0.39 is 6.10 Å². The summed E-state index contributed by atoms with van der Waals surface area (Å²) in [4.78, 5) is 10.9. The van der Waals surface area contributed by atoms with E-state index in [9.17, 15) is 9.90 Å². The molecule has 3 N–H and O–H groups in total. The van der Waals surface area contributed by atoms with Crippen LogP contribution >= 0.6 is 12.4 Å². The summed E-state index contributed by atoms with van der Waals surface area (Å²) in [6.45, 7) is 0. The van der Waals surface area contributed by atoms with Crippen LogP contribution in [-0.4, -0.2) is 30.3 Å². The van der Waals surface area contributed by atoms with Crippen LogP contribution in [-0.2, 0) is 9.53 Å². The fourth-order valence-electron chi connectivity index (χ4n) is 1.41. The topological polar surface area (TPSA) is 72.5 Å². The van der Waals surface area contributed by atoms with Crippen LogP contribution in [0.1, 0.15) is 12.8 Å². The third kappa shape index (κ3) is 2.33. The van der Waals surface area contributed by atoms with Gasteiger partial charge in [-0.3, -0.25) is 4.79 Å². The SMILES string of the molecule is COC(=O)[C@H]1C[C@@H](O)[C@@H](N)C1.Cl. The normalized spacial score (nSPS) is 34.1. The lowest BCUT2D eigenvalue weighted by molar-refractivity contribution is -0.145.